The average molecular weight is 454 g/mol. The van der Waals surface area contributed by atoms with Crippen molar-refractivity contribution in [3.63, 3.8) is 0 Å². The summed E-state index contributed by atoms with van der Waals surface area (Å²) in [5, 5.41) is 21.3. The Bertz CT molecular complexity index is 1140. The molecule has 8 heteroatoms. The van der Waals surface area contributed by atoms with Gasteiger partial charge < -0.3 is 9.67 Å². The number of benzene rings is 2. The number of hydrogen-bond donors (Lipinski definition) is 1. The quantitative estimate of drug-likeness (QED) is 0.246. The Morgan fingerprint density at radius 3 is 2.56 bits per heavy atom. The van der Waals surface area contributed by atoms with E-state index in [-0.39, 0.29) is 17.7 Å². The number of unbranched alkanes of at least 4 members (excludes halogenated alkanes) is 1. The first-order valence-electron chi connectivity index (χ1n) is 10.3. The molecule has 3 rings (SSSR count). The van der Waals surface area contributed by atoms with Crippen LogP contribution < -0.4 is 0 Å². The smallest absolute Gasteiger partial charge is 0.331 e. The second-order valence-corrected chi connectivity index (χ2v) is 7.86. The van der Waals surface area contributed by atoms with Gasteiger partial charge in [-0.25, -0.2) is 9.78 Å². The third-order valence-electron chi connectivity index (χ3n) is 5.15. The van der Waals surface area contributed by atoms with Crippen molar-refractivity contribution in [2.45, 2.75) is 39.2 Å². The molecule has 0 saturated carbocycles. The van der Waals surface area contributed by atoms with Gasteiger partial charge in [0.15, 0.2) is 0 Å². The lowest BCUT2D eigenvalue weighted by Crippen LogP contribution is -2.09. The number of non-ortho nitro benzene ring substituents is 1. The minimum Gasteiger partial charge on any atom is -0.478 e. The molecule has 1 N–H and O–H groups in total. The average Bonchev–Trinajstić information content (AvgIpc) is 3.14. The molecule has 0 atom stereocenters. The fraction of sp³-hybridized carbons (Fsp3) is 0.250. The van der Waals surface area contributed by atoms with Gasteiger partial charge >= 0.3 is 5.97 Å². The van der Waals surface area contributed by atoms with Gasteiger partial charge in [-0.3, -0.25) is 10.1 Å². The van der Waals surface area contributed by atoms with Crippen LogP contribution in [0.4, 0.5) is 5.69 Å². The molecule has 0 aliphatic heterocycles. The lowest BCUT2D eigenvalue weighted by molar-refractivity contribution is -0.384. The second-order valence-electron chi connectivity index (χ2n) is 7.46. The first kappa shape index (κ1) is 23.2. The highest BCUT2D eigenvalue weighted by Gasteiger charge is 2.15. The lowest BCUT2D eigenvalue weighted by Gasteiger charge is -2.12. The zero-order valence-electron chi connectivity index (χ0n) is 17.7. The molecular formula is C24H24ClN3O4. The first-order valence-corrected chi connectivity index (χ1v) is 10.7. The summed E-state index contributed by atoms with van der Waals surface area (Å²) in [6.07, 6.45) is 6.19. The number of hydrogen-bond acceptors (Lipinski definition) is 4. The van der Waals surface area contributed by atoms with Gasteiger partial charge in [0.2, 0.25) is 0 Å². The fourth-order valence-corrected chi connectivity index (χ4v) is 3.58. The van der Waals surface area contributed by atoms with Crippen molar-refractivity contribution >= 4 is 29.3 Å². The molecule has 0 aliphatic rings. The van der Waals surface area contributed by atoms with Crippen molar-refractivity contribution in [1.29, 1.82) is 0 Å². The van der Waals surface area contributed by atoms with E-state index in [2.05, 4.69) is 11.9 Å². The van der Waals surface area contributed by atoms with Crippen LogP contribution in [0.5, 0.6) is 0 Å². The first-order chi connectivity index (χ1) is 15.4. The van der Waals surface area contributed by atoms with E-state index in [1.165, 1.54) is 12.1 Å². The van der Waals surface area contributed by atoms with Gasteiger partial charge in [-0.15, -0.1) is 0 Å². The number of imidazole rings is 1. The summed E-state index contributed by atoms with van der Waals surface area (Å²) >= 11 is 6.36. The van der Waals surface area contributed by atoms with Crippen LogP contribution in [-0.4, -0.2) is 25.6 Å². The molecule has 3 aromatic rings. The van der Waals surface area contributed by atoms with Crippen LogP contribution in [0.25, 0.3) is 6.08 Å². The van der Waals surface area contributed by atoms with Crippen LogP contribution in [-0.2, 0) is 24.2 Å². The van der Waals surface area contributed by atoms with E-state index < -0.39 is 10.9 Å². The largest absolute Gasteiger partial charge is 0.478 e. The molecule has 0 bridgehead atoms. The van der Waals surface area contributed by atoms with Crippen molar-refractivity contribution in [3.8, 4) is 0 Å². The van der Waals surface area contributed by atoms with Crippen LogP contribution in [0.2, 0.25) is 5.02 Å². The third-order valence-corrected chi connectivity index (χ3v) is 5.52. The number of carboxylic acid groups (broad SMARTS) is 1. The highest BCUT2D eigenvalue weighted by Crippen LogP contribution is 2.22. The number of nitrogens with zero attached hydrogens (tertiary/aromatic N) is 3. The number of carbonyl (C=O) groups is 1. The van der Waals surface area contributed by atoms with Crippen LogP contribution in [0.1, 0.15) is 42.4 Å². The van der Waals surface area contributed by atoms with E-state index in [0.717, 1.165) is 30.7 Å². The van der Waals surface area contributed by atoms with Crippen molar-refractivity contribution in [2.75, 3.05) is 0 Å². The van der Waals surface area contributed by atoms with Gasteiger partial charge in [0, 0.05) is 35.6 Å². The van der Waals surface area contributed by atoms with Crippen LogP contribution >= 0.6 is 11.6 Å². The van der Waals surface area contributed by atoms with E-state index in [1.807, 2.05) is 28.8 Å². The van der Waals surface area contributed by atoms with Gasteiger partial charge in [-0.05, 0) is 29.7 Å². The van der Waals surface area contributed by atoms with Gasteiger partial charge in [-0.1, -0.05) is 55.3 Å². The van der Waals surface area contributed by atoms with Gasteiger partial charge in [0.05, 0.1) is 23.4 Å². The molecule has 166 valence electrons. The molecule has 0 radical (unpaired) electrons. The standard InChI is InChI=1S/C24H24ClN3O4/c1-2-3-8-23-26-15-21(27(23)16-18-6-4-5-7-22(18)25)14-19(24(29)30)13-17-9-11-20(12-10-17)28(31)32/h4-7,9-12,14-15H,2-3,8,13,16H2,1H3,(H,29,30). The van der Waals surface area contributed by atoms with Crippen molar-refractivity contribution < 1.29 is 14.8 Å². The van der Waals surface area contributed by atoms with Gasteiger partial charge in [0.1, 0.15) is 5.82 Å². The number of carboxylic acids is 1. The molecule has 0 amide bonds. The molecule has 0 fully saturated rings. The fourth-order valence-electron chi connectivity index (χ4n) is 3.38. The maximum Gasteiger partial charge on any atom is 0.331 e. The molecule has 0 aliphatic carbocycles. The zero-order valence-corrected chi connectivity index (χ0v) is 18.5. The lowest BCUT2D eigenvalue weighted by atomic mass is 10.0. The molecule has 1 aromatic heterocycles. The number of nitro benzene ring substituents is 1. The summed E-state index contributed by atoms with van der Waals surface area (Å²) in [6, 6.07) is 13.4. The minimum atomic E-state index is -1.05. The zero-order chi connectivity index (χ0) is 23.1. The minimum absolute atomic E-state index is 0.0343. The van der Waals surface area contributed by atoms with Crippen molar-refractivity contribution in [2.24, 2.45) is 0 Å². The highest BCUT2D eigenvalue weighted by atomic mass is 35.5. The molecule has 1 heterocycles. The Hall–Kier alpha value is -3.45. The molecule has 32 heavy (non-hydrogen) atoms. The maximum atomic E-state index is 12.0. The van der Waals surface area contributed by atoms with Crippen molar-refractivity contribution in [3.05, 3.63) is 98.1 Å². The number of aliphatic carboxylic acids is 1. The Morgan fingerprint density at radius 1 is 1.22 bits per heavy atom. The molecular weight excluding hydrogens is 430 g/mol. The summed E-state index contributed by atoms with van der Waals surface area (Å²) in [6.45, 7) is 2.59. The second kappa shape index (κ2) is 10.7. The number of aryl methyl sites for hydroxylation is 1. The summed E-state index contributed by atoms with van der Waals surface area (Å²) in [4.78, 5) is 26.9. The number of nitro groups is 1. The van der Waals surface area contributed by atoms with Crippen LogP contribution in [0.15, 0.2) is 60.3 Å². The predicted molar refractivity (Wildman–Crippen MR) is 124 cm³/mol. The predicted octanol–water partition coefficient (Wildman–Crippen LogP) is 5.55. The Morgan fingerprint density at radius 2 is 1.94 bits per heavy atom. The van der Waals surface area contributed by atoms with Gasteiger partial charge in [-0.2, -0.15) is 0 Å². The highest BCUT2D eigenvalue weighted by molar-refractivity contribution is 6.31. The van der Waals surface area contributed by atoms with E-state index >= 15 is 0 Å². The van der Waals surface area contributed by atoms with Crippen LogP contribution in [0.3, 0.4) is 0 Å². The summed E-state index contributed by atoms with van der Waals surface area (Å²) in [7, 11) is 0. The van der Waals surface area contributed by atoms with Gasteiger partial charge in [0.25, 0.3) is 5.69 Å². The molecule has 2 aromatic carbocycles. The van der Waals surface area contributed by atoms with E-state index in [4.69, 9.17) is 11.6 Å². The van der Waals surface area contributed by atoms with Crippen molar-refractivity contribution in [1.82, 2.24) is 9.55 Å². The Kier molecular flexibility index (Phi) is 7.78. The third kappa shape index (κ3) is 5.82. The monoisotopic (exact) mass is 453 g/mol. The SMILES string of the molecule is CCCCc1ncc(C=C(Cc2ccc([N+](=O)[O-])cc2)C(=O)O)n1Cc1ccccc1Cl. The summed E-state index contributed by atoms with van der Waals surface area (Å²) < 4.78 is 2.00. The summed E-state index contributed by atoms with van der Waals surface area (Å²) in [5.41, 5.74) is 2.41. The molecule has 7 nitrogen and oxygen atoms in total. The van der Waals surface area contributed by atoms with Crippen LogP contribution in [0, 0.1) is 10.1 Å². The number of rotatable bonds is 10. The summed E-state index contributed by atoms with van der Waals surface area (Å²) in [5.74, 6) is -0.179. The number of aromatic nitrogens is 2. The maximum absolute atomic E-state index is 12.0. The topological polar surface area (TPSA) is 98.3 Å². The Labute approximate surface area is 191 Å². The Balaban J connectivity index is 1.95. The van der Waals surface area contributed by atoms with E-state index in [1.54, 1.807) is 24.4 Å². The number of halogens is 1. The normalized spacial score (nSPS) is 11.5. The van der Waals surface area contributed by atoms with E-state index in [9.17, 15) is 20.0 Å². The molecule has 0 spiro atoms. The van der Waals surface area contributed by atoms with E-state index in [0.29, 0.717) is 22.8 Å². The molecule has 0 saturated heterocycles. The molecule has 0 unspecified atom stereocenters.